The van der Waals surface area contributed by atoms with E-state index in [1.165, 1.54) is 11.1 Å². The van der Waals surface area contributed by atoms with Crippen LogP contribution in [0, 0.1) is 6.92 Å². The number of hydrogen-bond acceptors (Lipinski definition) is 5. The van der Waals surface area contributed by atoms with Crippen molar-refractivity contribution in [3.63, 3.8) is 0 Å². The second-order valence-electron chi connectivity index (χ2n) is 10.8. The molecule has 0 bridgehead atoms. The summed E-state index contributed by atoms with van der Waals surface area (Å²) in [6, 6.07) is 36.9. The van der Waals surface area contributed by atoms with E-state index in [1.54, 1.807) is 18.9 Å². The molecule has 1 aromatic heterocycles. The van der Waals surface area contributed by atoms with Crippen molar-refractivity contribution < 1.29 is 14.3 Å². The second kappa shape index (κ2) is 12.5. The molecular weight excluding hydrogens is 536 g/mol. The second-order valence-corrected chi connectivity index (χ2v) is 10.8. The van der Waals surface area contributed by atoms with Crippen molar-refractivity contribution in [2.45, 2.75) is 13.0 Å². The highest BCUT2D eigenvalue weighted by atomic mass is 16.5. The number of aryl methyl sites for hydroxylation is 1. The minimum Gasteiger partial charge on any atom is -0.497 e. The van der Waals surface area contributed by atoms with Crippen LogP contribution in [-0.4, -0.2) is 65.9 Å². The minimum absolute atomic E-state index is 0.0386. The highest BCUT2D eigenvalue weighted by Crippen LogP contribution is 2.34. The van der Waals surface area contributed by atoms with Gasteiger partial charge in [-0.05, 0) is 53.9 Å². The van der Waals surface area contributed by atoms with Crippen LogP contribution in [0.2, 0.25) is 0 Å². The van der Waals surface area contributed by atoms with Crippen LogP contribution >= 0.6 is 0 Å². The minimum atomic E-state index is -0.0386. The van der Waals surface area contributed by atoms with E-state index in [0.717, 1.165) is 29.9 Å². The van der Waals surface area contributed by atoms with E-state index in [4.69, 9.17) is 14.6 Å². The zero-order valence-corrected chi connectivity index (χ0v) is 24.8. The number of methoxy groups -OCH3 is 2. The van der Waals surface area contributed by atoms with E-state index in [0.29, 0.717) is 36.0 Å². The molecule has 5 aromatic rings. The van der Waals surface area contributed by atoms with Crippen LogP contribution in [0.5, 0.6) is 11.5 Å². The number of nitrogens with zero attached hydrogens (tertiary/aromatic N) is 4. The molecule has 0 unspecified atom stereocenters. The van der Waals surface area contributed by atoms with Gasteiger partial charge in [0.2, 0.25) is 0 Å². The fourth-order valence-corrected chi connectivity index (χ4v) is 5.86. The molecule has 0 spiro atoms. The van der Waals surface area contributed by atoms with Crippen LogP contribution < -0.4 is 9.47 Å². The molecule has 0 N–H and O–H groups in total. The average Bonchev–Trinajstić information content (AvgIpc) is 3.51. The van der Waals surface area contributed by atoms with Crippen molar-refractivity contribution in [1.29, 1.82) is 0 Å². The summed E-state index contributed by atoms with van der Waals surface area (Å²) < 4.78 is 12.8. The molecule has 2 heterocycles. The molecule has 6 rings (SSSR count). The van der Waals surface area contributed by atoms with Gasteiger partial charge in [-0.2, -0.15) is 5.10 Å². The van der Waals surface area contributed by atoms with Crippen molar-refractivity contribution in [1.82, 2.24) is 19.6 Å². The van der Waals surface area contributed by atoms with Crippen LogP contribution in [0.3, 0.4) is 0 Å². The number of carbonyl (C=O) groups is 1. The first-order chi connectivity index (χ1) is 21.1. The topological polar surface area (TPSA) is 59.8 Å². The molecule has 4 aromatic carbocycles. The fourth-order valence-electron chi connectivity index (χ4n) is 5.86. The Morgan fingerprint density at radius 3 is 2.02 bits per heavy atom. The van der Waals surface area contributed by atoms with Crippen molar-refractivity contribution in [3.05, 3.63) is 132 Å². The summed E-state index contributed by atoms with van der Waals surface area (Å²) in [6.45, 7) is 4.80. The third kappa shape index (κ3) is 5.90. The lowest BCUT2D eigenvalue weighted by molar-refractivity contribution is 0.0588. The quantitative estimate of drug-likeness (QED) is 0.215. The Hall–Kier alpha value is -4.88. The number of rotatable bonds is 8. The predicted molar refractivity (Wildman–Crippen MR) is 169 cm³/mol. The Morgan fingerprint density at radius 2 is 1.42 bits per heavy atom. The third-order valence-electron chi connectivity index (χ3n) is 8.06. The summed E-state index contributed by atoms with van der Waals surface area (Å²) in [6.07, 6.45) is 0. The van der Waals surface area contributed by atoms with Gasteiger partial charge in [0.05, 0.1) is 31.6 Å². The van der Waals surface area contributed by atoms with E-state index in [-0.39, 0.29) is 11.9 Å². The van der Waals surface area contributed by atoms with Gasteiger partial charge in [-0.25, -0.2) is 4.68 Å². The van der Waals surface area contributed by atoms with Gasteiger partial charge in [-0.15, -0.1) is 0 Å². The van der Waals surface area contributed by atoms with Crippen molar-refractivity contribution >= 4 is 5.91 Å². The molecule has 1 saturated heterocycles. The standard InChI is InChI=1S/C36H36N4O3/c1-26-11-10-16-29(23-26)40-33(25-32(37-40)31-18-17-30(42-2)24-34(31)43-3)36(41)39-21-19-38(20-22-39)35(27-12-6-4-7-13-27)28-14-8-5-9-15-28/h4-18,23-25,35H,19-22H2,1-3H3. The Labute approximate surface area is 252 Å². The lowest BCUT2D eigenvalue weighted by atomic mass is 9.96. The smallest absolute Gasteiger partial charge is 0.272 e. The summed E-state index contributed by atoms with van der Waals surface area (Å²) in [5, 5.41) is 4.93. The van der Waals surface area contributed by atoms with E-state index in [9.17, 15) is 4.79 Å². The fraction of sp³-hybridized carbons (Fsp3) is 0.222. The van der Waals surface area contributed by atoms with Gasteiger partial charge in [0, 0.05) is 37.8 Å². The molecule has 1 amide bonds. The highest BCUT2D eigenvalue weighted by molar-refractivity contribution is 5.94. The number of ether oxygens (including phenoxy) is 2. The van der Waals surface area contributed by atoms with Crippen molar-refractivity contribution in [3.8, 4) is 28.4 Å². The first kappa shape index (κ1) is 28.2. The number of amides is 1. The first-order valence-corrected chi connectivity index (χ1v) is 14.6. The third-order valence-corrected chi connectivity index (χ3v) is 8.06. The average molecular weight is 573 g/mol. The monoisotopic (exact) mass is 572 g/mol. The summed E-state index contributed by atoms with van der Waals surface area (Å²) >= 11 is 0. The molecule has 0 saturated carbocycles. The number of carbonyl (C=O) groups excluding carboxylic acids is 1. The van der Waals surface area contributed by atoms with Gasteiger partial charge in [0.1, 0.15) is 17.2 Å². The normalized spacial score (nSPS) is 13.7. The lowest BCUT2D eigenvalue weighted by Gasteiger charge is -2.39. The first-order valence-electron chi connectivity index (χ1n) is 14.6. The molecule has 1 fully saturated rings. The van der Waals surface area contributed by atoms with Gasteiger partial charge >= 0.3 is 0 Å². The Morgan fingerprint density at radius 1 is 0.744 bits per heavy atom. The number of piperazine rings is 1. The summed E-state index contributed by atoms with van der Waals surface area (Å²) in [5.41, 5.74) is 6.42. The molecular formula is C36H36N4O3. The maximum Gasteiger partial charge on any atom is 0.272 e. The lowest BCUT2D eigenvalue weighted by Crippen LogP contribution is -2.50. The summed E-state index contributed by atoms with van der Waals surface area (Å²) in [5.74, 6) is 1.29. The largest absolute Gasteiger partial charge is 0.497 e. The van der Waals surface area contributed by atoms with E-state index >= 15 is 0 Å². The predicted octanol–water partition coefficient (Wildman–Crippen LogP) is 6.41. The Kier molecular flexibility index (Phi) is 8.24. The van der Waals surface area contributed by atoms with Crippen LogP contribution in [0.4, 0.5) is 0 Å². The van der Waals surface area contributed by atoms with Crippen LogP contribution in [-0.2, 0) is 0 Å². The number of benzene rings is 4. The Balaban J connectivity index is 1.30. The van der Waals surface area contributed by atoms with E-state index in [2.05, 4.69) is 65.6 Å². The van der Waals surface area contributed by atoms with Crippen LogP contribution in [0.15, 0.2) is 109 Å². The molecule has 0 radical (unpaired) electrons. The van der Waals surface area contributed by atoms with Gasteiger partial charge in [0.15, 0.2) is 0 Å². The molecule has 1 aliphatic heterocycles. The van der Waals surface area contributed by atoms with E-state index in [1.807, 2.05) is 60.4 Å². The van der Waals surface area contributed by atoms with Crippen molar-refractivity contribution in [2.75, 3.05) is 40.4 Å². The molecule has 43 heavy (non-hydrogen) atoms. The number of aromatic nitrogens is 2. The zero-order valence-electron chi connectivity index (χ0n) is 24.8. The molecule has 0 aliphatic carbocycles. The van der Waals surface area contributed by atoms with Crippen molar-refractivity contribution in [2.24, 2.45) is 0 Å². The molecule has 7 heteroatoms. The number of hydrogen-bond donors (Lipinski definition) is 0. The van der Waals surface area contributed by atoms with Gasteiger partial charge < -0.3 is 14.4 Å². The zero-order chi connectivity index (χ0) is 29.8. The summed E-state index contributed by atoms with van der Waals surface area (Å²) in [7, 11) is 3.25. The maximum atomic E-state index is 14.2. The summed E-state index contributed by atoms with van der Waals surface area (Å²) in [4.78, 5) is 18.6. The molecule has 0 atom stereocenters. The van der Waals surface area contributed by atoms with Gasteiger partial charge in [0.25, 0.3) is 5.91 Å². The molecule has 218 valence electrons. The Bertz CT molecular complexity index is 1650. The molecule has 7 nitrogen and oxygen atoms in total. The SMILES string of the molecule is COc1ccc(-c2cc(C(=O)N3CCN(C(c4ccccc4)c4ccccc4)CC3)n(-c3cccc(C)c3)n2)c(OC)c1. The van der Waals surface area contributed by atoms with Gasteiger partial charge in [-0.3, -0.25) is 9.69 Å². The van der Waals surface area contributed by atoms with Gasteiger partial charge in [-0.1, -0.05) is 72.8 Å². The van der Waals surface area contributed by atoms with Crippen LogP contribution in [0.1, 0.15) is 33.2 Å². The molecule has 1 aliphatic rings. The maximum absolute atomic E-state index is 14.2. The van der Waals surface area contributed by atoms with E-state index < -0.39 is 0 Å². The van der Waals surface area contributed by atoms with Crippen LogP contribution in [0.25, 0.3) is 16.9 Å². The highest BCUT2D eigenvalue weighted by Gasteiger charge is 2.30.